The molecule has 0 amide bonds. The lowest BCUT2D eigenvalue weighted by molar-refractivity contribution is -0.236. The Bertz CT molecular complexity index is 129. The van der Waals surface area contributed by atoms with E-state index in [2.05, 4.69) is 0 Å². The van der Waals surface area contributed by atoms with Crippen LogP contribution in [0, 0.1) is 0 Å². The maximum absolute atomic E-state index is 9.17. The summed E-state index contributed by atoms with van der Waals surface area (Å²) >= 11 is 0. The summed E-state index contributed by atoms with van der Waals surface area (Å²) in [6, 6.07) is -0.929. The van der Waals surface area contributed by atoms with Crippen molar-refractivity contribution in [3.63, 3.8) is 0 Å². The van der Waals surface area contributed by atoms with Crippen LogP contribution in [0.1, 0.15) is 6.92 Å². The average molecular weight is 163 g/mol. The van der Waals surface area contributed by atoms with Crippen molar-refractivity contribution in [1.82, 2.24) is 0 Å². The fraction of sp³-hybridized carbons (Fsp3) is 1.00. The number of hydrogen-bond acceptors (Lipinski definition) is 5. The third-order valence-electron chi connectivity index (χ3n) is 1.91. The Kier molecular flexibility index (Phi) is 2.46. The van der Waals surface area contributed by atoms with Gasteiger partial charge in [0.15, 0.2) is 6.29 Å². The Morgan fingerprint density at radius 1 is 1.18 bits per heavy atom. The number of nitrogens with two attached hydrogens (primary N) is 1. The van der Waals surface area contributed by atoms with Gasteiger partial charge in [-0.05, 0) is 6.92 Å². The van der Waals surface area contributed by atoms with Gasteiger partial charge in [-0.2, -0.15) is 0 Å². The van der Waals surface area contributed by atoms with Crippen LogP contribution in [0.25, 0.3) is 0 Å². The molecule has 5 nitrogen and oxygen atoms in total. The smallest absolute Gasteiger partial charge is 0.172 e. The maximum atomic E-state index is 9.17. The molecule has 5 heteroatoms. The topological polar surface area (TPSA) is 95.9 Å². The van der Waals surface area contributed by atoms with Gasteiger partial charge in [-0.3, -0.25) is 0 Å². The van der Waals surface area contributed by atoms with Gasteiger partial charge in [-0.25, -0.2) is 0 Å². The highest BCUT2D eigenvalue weighted by Crippen LogP contribution is 2.17. The molecule has 1 aliphatic rings. The fourth-order valence-electron chi connectivity index (χ4n) is 1.07. The highest BCUT2D eigenvalue weighted by molar-refractivity contribution is 4.88. The van der Waals surface area contributed by atoms with E-state index in [0.717, 1.165) is 0 Å². The van der Waals surface area contributed by atoms with E-state index in [1.165, 1.54) is 0 Å². The van der Waals surface area contributed by atoms with Crippen molar-refractivity contribution in [3.8, 4) is 0 Å². The Labute approximate surface area is 64.4 Å². The molecule has 0 bridgehead atoms. The molecule has 0 aliphatic carbocycles. The van der Waals surface area contributed by atoms with Crippen molar-refractivity contribution in [1.29, 1.82) is 0 Å². The van der Waals surface area contributed by atoms with Crippen LogP contribution in [0.4, 0.5) is 0 Å². The van der Waals surface area contributed by atoms with Gasteiger partial charge in [0.25, 0.3) is 0 Å². The van der Waals surface area contributed by atoms with Crippen molar-refractivity contribution in [2.75, 3.05) is 0 Å². The molecule has 0 radical (unpaired) electrons. The van der Waals surface area contributed by atoms with E-state index in [9.17, 15) is 5.11 Å². The molecule has 1 fully saturated rings. The molecule has 11 heavy (non-hydrogen) atoms. The lowest BCUT2D eigenvalue weighted by atomic mass is 9.99. The summed E-state index contributed by atoms with van der Waals surface area (Å²) in [4.78, 5) is 0. The van der Waals surface area contributed by atoms with E-state index in [-0.39, 0.29) is 0 Å². The second-order valence-electron chi connectivity index (χ2n) is 2.79. The molecule has 1 rings (SSSR count). The van der Waals surface area contributed by atoms with Crippen LogP contribution in [0.3, 0.4) is 0 Å². The van der Waals surface area contributed by atoms with Crippen LogP contribution in [-0.2, 0) is 4.74 Å². The van der Waals surface area contributed by atoms with Gasteiger partial charge in [0.2, 0.25) is 0 Å². The molecular weight excluding hydrogens is 150 g/mol. The highest BCUT2D eigenvalue weighted by atomic mass is 16.6. The van der Waals surface area contributed by atoms with Crippen LogP contribution in [0.15, 0.2) is 0 Å². The van der Waals surface area contributed by atoms with Crippen LogP contribution in [0.5, 0.6) is 0 Å². The Morgan fingerprint density at radius 2 is 1.73 bits per heavy atom. The van der Waals surface area contributed by atoms with Gasteiger partial charge in [-0.1, -0.05) is 0 Å². The number of aliphatic hydroxyl groups excluding tert-OH is 3. The first-order chi connectivity index (χ1) is 5.04. The van der Waals surface area contributed by atoms with Gasteiger partial charge < -0.3 is 25.8 Å². The fourth-order valence-corrected chi connectivity index (χ4v) is 1.07. The number of aliphatic hydroxyl groups is 3. The molecule has 1 aliphatic heterocycles. The summed E-state index contributed by atoms with van der Waals surface area (Å²) in [7, 11) is 0. The Morgan fingerprint density at radius 3 is 2.27 bits per heavy atom. The molecule has 0 unspecified atom stereocenters. The lowest BCUT2D eigenvalue weighted by Crippen LogP contribution is -2.60. The van der Waals surface area contributed by atoms with E-state index >= 15 is 0 Å². The van der Waals surface area contributed by atoms with E-state index in [1.807, 2.05) is 0 Å². The summed E-state index contributed by atoms with van der Waals surface area (Å²) in [6.45, 7) is 1.56. The Balaban J connectivity index is 2.63. The molecule has 5 atom stereocenters. The summed E-state index contributed by atoms with van der Waals surface area (Å²) in [5.41, 5.74) is 5.29. The first-order valence-corrected chi connectivity index (χ1v) is 3.49. The number of hydrogen-bond donors (Lipinski definition) is 4. The standard InChI is InChI=1S/C6H13NO4/c1-2-4(8)5(9)3(7)6(10)11-2/h2-6,8-10H,7H2,1H3/t2-,3-,4-,5-,6+/m1/s1. The average Bonchev–Trinajstić information content (AvgIpc) is 1.97. The van der Waals surface area contributed by atoms with Crippen LogP contribution in [-0.4, -0.2) is 46.0 Å². The normalized spacial score (nSPS) is 52.6. The molecule has 0 aromatic rings. The van der Waals surface area contributed by atoms with Gasteiger partial charge in [-0.15, -0.1) is 0 Å². The van der Waals surface area contributed by atoms with E-state index in [1.54, 1.807) is 6.92 Å². The summed E-state index contributed by atoms with van der Waals surface area (Å²) in [5, 5.41) is 27.4. The first kappa shape index (κ1) is 8.89. The monoisotopic (exact) mass is 163 g/mol. The Hall–Kier alpha value is -0.200. The highest BCUT2D eigenvalue weighted by Gasteiger charge is 2.39. The summed E-state index contributed by atoms with van der Waals surface area (Å²) in [6.07, 6.45) is -3.91. The SMILES string of the molecule is C[C@H]1O[C@H](O)[C@H](N)[C@@H](O)[C@@H]1O. The number of rotatable bonds is 0. The minimum Gasteiger partial charge on any atom is -0.388 e. The second kappa shape index (κ2) is 3.04. The third-order valence-corrected chi connectivity index (χ3v) is 1.91. The molecular formula is C6H13NO4. The molecule has 0 saturated carbocycles. The maximum Gasteiger partial charge on any atom is 0.172 e. The quantitative estimate of drug-likeness (QED) is 0.324. The third kappa shape index (κ3) is 1.52. The van der Waals surface area contributed by atoms with Crippen LogP contribution < -0.4 is 5.73 Å². The predicted molar refractivity (Wildman–Crippen MR) is 36.5 cm³/mol. The summed E-state index contributed by atoms with van der Waals surface area (Å²) in [5.74, 6) is 0. The lowest BCUT2D eigenvalue weighted by Gasteiger charge is -2.37. The summed E-state index contributed by atoms with van der Waals surface area (Å²) < 4.78 is 4.80. The second-order valence-corrected chi connectivity index (χ2v) is 2.79. The molecule has 0 aromatic carbocycles. The molecule has 1 saturated heterocycles. The van der Waals surface area contributed by atoms with Crippen molar-refractivity contribution in [2.24, 2.45) is 5.73 Å². The zero-order valence-electron chi connectivity index (χ0n) is 6.21. The van der Waals surface area contributed by atoms with Gasteiger partial charge >= 0.3 is 0 Å². The zero-order chi connectivity index (χ0) is 8.59. The van der Waals surface area contributed by atoms with Crippen molar-refractivity contribution < 1.29 is 20.1 Å². The largest absolute Gasteiger partial charge is 0.388 e. The first-order valence-electron chi connectivity index (χ1n) is 3.49. The van der Waals surface area contributed by atoms with Crippen molar-refractivity contribution in [2.45, 2.75) is 37.6 Å². The van der Waals surface area contributed by atoms with Crippen molar-refractivity contribution in [3.05, 3.63) is 0 Å². The van der Waals surface area contributed by atoms with Crippen LogP contribution in [0.2, 0.25) is 0 Å². The van der Waals surface area contributed by atoms with Crippen molar-refractivity contribution >= 4 is 0 Å². The molecule has 5 N–H and O–H groups in total. The van der Waals surface area contributed by atoms with E-state index in [4.69, 9.17) is 20.7 Å². The van der Waals surface area contributed by atoms with E-state index < -0.39 is 30.6 Å². The molecule has 0 spiro atoms. The zero-order valence-corrected chi connectivity index (χ0v) is 6.21. The predicted octanol–water partition coefficient (Wildman–Crippen LogP) is -2.23. The molecule has 0 aromatic heterocycles. The minimum atomic E-state index is -1.19. The minimum absolute atomic E-state index is 0.584. The molecule has 1 heterocycles. The van der Waals surface area contributed by atoms with E-state index in [0.29, 0.717) is 0 Å². The van der Waals surface area contributed by atoms with Gasteiger partial charge in [0.1, 0.15) is 12.2 Å². The van der Waals surface area contributed by atoms with Gasteiger partial charge in [0, 0.05) is 0 Å². The van der Waals surface area contributed by atoms with Gasteiger partial charge in [0.05, 0.1) is 12.1 Å². The van der Waals surface area contributed by atoms with Crippen LogP contribution >= 0.6 is 0 Å². The molecule has 66 valence electrons. The number of ether oxygens (including phenoxy) is 1.